The van der Waals surface area contributed by atoms with Crippen molar-refractivity contribution in [3.63, 3.8) is 0 Å². The summed E-state index contributed by atoms with van der Waals surface area (Å²) in [6, 6.07) is 6.94. The second-order valence-electron chi connectivity index (χ2n) is 2.91. The molecule has 1 unspecified atom stereocenters. The summed E-state index contributed by atoms with van der Waals surface area (Å²) in [7, 11) is 0. The van der Waals surface area contributed by atoms with E-state index in [-0.39, 0.29) is 11.9 Å². The molecule has 1 nitrogen and oxygen atoms in total. The third-order valence-electron chi connectivity index (χ3n) is 1.81. The zero-order valence-corrected chi connectivity index (χ0v) is 8.48. The lowest BCUT2D eigenvalue weighted by Gasteiger charge is -2.07. The molecule has 0 aliphatic carbocycles. The van der Waals surface area contributed by atoms with Crippen LogP contribution in [0.4, 0.5) is 4.39 Å². The molecule has 0 spiro atoms. The second kappa shape index (κ2) is 5.25. The average molecular weight is 199 g/mol. The van der Waals surface area contributed by atoms with Crippen molar-refractivity contribution in [3.05, 3.63) is 30.1 Å². The van der Waals surface area contributed by atoms with Crippen LogP contribution < -0.4 is 5.73 Å². The lowest BCUT2D eigenvalue weighted by atomic mass is 10.3. The van der Waals surface area contributed by atoms with Crippen molar-refractivity contribution in [3.8, 4) is 0 Å². The van der Waals surface area contributed by atoms with Crippen LogP contribution in [0.5, 0.6) is 0 Å². The van der Waals surface area contributed by atoms with Crippen LogP contribution in [0.25, 0.3) is 0 Å². The third-order valence-corrected chi connectivity index (χ3v) is 3.05. The Morgan fingerprint density at radius 2 is 2.15 bits per heavy atom. The summed E-state index contributed by atoms with van der Waals surface area (Å²) in [5.74, 6) is 0.619. The SMILES string of the molecule is CCC(N)CSc1ccccc1F. The predicted octanol–water partition coefficient (Wildman–Crippen LogP) is 2.66. The van der Waals surface area contributed by atoms with Gasteiger partial charge >= 0.3 is 0 Å². The van der Waals surface area contributed by atoms with E-state index < -0.39 is 0 Å². The Morgan fingerprint density at radius 1 is 1.46 bits per heavy atom. The fraction of sp³-hybridized carbons (Fsp3) is 0.400. The Kier molecular flexibility index (Phi) is 4.25. The zero-order valence-electron chi connectivity index (χ0n) is 7.66. The third kappa shape index (κ3) is 3.36. The van der Waals surface area contributed by atoms with Crippen LogP contribution in [0.3, 0.4) is 0 Å². The summed E-state index contributed by atoms with van der Waals surface area (Å²) in [4.78, 5) is 0.686. The van der Waals surface area contributed by atoms with E-state index >= 15 is 0 Å². The fourth-order valence-corrected chi connectivity index (χ4v) is 1.89. The van der Waals surface area contributed by atoms with Gasteiger partial charge in [-0.2, -0.15) is 0 Å². The van der Waals surface area contributed by atoms with Crippen molar-refractivity contribution in [1.82, 2.24) is 0 Å². The minimum atomic E-state index is -0.157. The molecule has 0 aliphatic heterocycles. The summed E-state index contributed by atoms with van der Waals surface area (Å²) in [5.41, 5.74) is 5.73. The van der Waals surface area contributed by atoms with Crippen molar-refractivity contribution in [1.29, 1.82) is 0 Å². The van der Waals surface area contributed by atoms with Gasteiger partial charge in [-0.25, -0.2) is 4.39 Å². The molecule has 1 rings (SSSR count). The minimum Gasteiger partial charge on any atom is -0.327 e. The first-order valence-corrected chi connectivity index (χ1v) is 5.35. The molecule has 0 saturated carbocycles. The summed E-state index contributed by atoms with van der Waals surface area (Å²) in [5, 5.41) is 0. The monoisotopic (exact) mass is 199 g/mol. The largest absolute Gasteiger partial charge is 0.327 e. The highest BCUT2D eigenvalue weighted by Crippen LogP contribution is 2.21. The molecule has 1 aromatic rings. The van der Waals surface area contributed by atoms with Crippen LogP contribution in [0.2, 0.25) is 0 Å². The molecule has 13 heavy (non-hydrogen) atoms. The number of benzene rings is 1. The van der Waals surface area contributed by atoms with Gasteiger partial charge in [0, 0.05) is 16.7 Å². The molecule has 72 valence electrons. The van der Waals surface area contributed by atoms with Crippen molar-refractivity contribution in [2.45, 2.75) is 24.3 Å². The maximum atomic E-state index is 13.1. The van der Waals surface area contributed by atoms with Crippen LogP contribution >= 0.6 is 11.8 Å². The molecule has 0 amide bonds. The Morgan fingerprint density at radius 3 is 2.77 bits per heavy atom. The number of halogens is 1. The van der Waals surface area contributed by atoms with Crippen LogP contribution in [-0.4, -0.2) is 11.8 Å². The predicted molar refractivity (Wildman–Crippen MR) is 55.4 cm³/mol. The first-order chi connectivity index (χ1) is 6.24. The molecule has 1 aromatic carbocycles. The smallest absolute Gasteiger partial charge is 0.136 e. The first kappa shape index (κ1) is 10.5. The van der Waals surface area contributed by atoms with Crippen LogP contribution in [0.1, 0.15) is 13.3 Å². The maximum absolute atomic E-state index is 13.1. The van der Waals surface area contributed by atoms with E-state index in [2.05, 4.69) is 0 Å². The van der Waals surface area contributed by atoms with E-state index in [1.54, 1.807) is 12.1 Å². The highest BCUT2D eigenvalue weighted by atomic mass is 32.2. The second-order valence-corrected chi connectivity index (χ2v) is 3.97. The number of rotatable bonds is 4. The van der Waals surface area contributed by atoms with Gasteiger partial charge < -0.3 is 5.73 Å². The van der Waals surface area contributed by atoms with Gasteiger partial charge in [-0.3, -0.25) is 0 Å². The summed E-state index contributed by atoms with van der Waals surface area (Å²) < 4.78 is 13.1. The van der Waals surface area contributed by atoms with E-state index in [9.17, 15) is 4.39 Å². The van der Waals surface area contributed by atoms with Gasteiger partial charge in [0.1, 0.15) is 5.82 Å². The highest BCUT2D eigenvalue weighted by Gasteiger charge is 2.04. The van der Waals surface area contributed by atoms with Gasteiger partial charge in [0.25, 0.3) is 0 Å². The molecule has 0 saturated heterocycles. The lowest BCUT2D eigenvalue weighted by molar-refractivity contribution is 0.601. The number of thioether (sulfide) groups is 1. The Labute approximate surface area is 82.5 Å². The van der Waals surface area contributed by atoms with Crippen molar-refractivity contribution < 1.29 is 4.39 Å². The summed E-state index contributed by atoms with van der Waals surface area (Å²) >= 11 is 1.48. The standard InChI is InChI=1S/C10H14FNS/c1-2-8(12)7-13-10-6-4-3-5-9(10)11/h3-6,8H,2,7,12H2,1H3. The molecule has 0 aliphatic rings. The molecule has 0 bridgehead atoms. The molecule has 2 N–H and O–H groups in total. The first-order valence-electron chi connectivity index (χ1n) is 4.37. The van der Waals surface area contributed by atoms with E-state index in [0.717, 1.165) is 12.2 Å². The van der Waals surface area contributed by atoms with Gasteiger partial charge in [-0.15, -0.1) is 11.8 Å². The molecule has 0 radical (unpaired) electrons. The molecule has 3 heteroatoms. The van der Waals surface area contributed by atoms with Crippen molar-refractivity contribution >= 4 is 11.8 Å². The molecule has 0 aromatic heterocycles. The zero-order chi connectivity index (χ0) is 9.68. The summed E-state index contributed by atoms with van der Waals surface area (Å²) in [6.45, 7) is 2.03. The van der Waals surface area contributed by atoms with Crippen LogP contribution in [-0.2, 0) is 0 Å². The Balaban J connectivity index is 2.50. The fourth-order valence-electron chi connectivity index (χ4n) is 0.876. The Bertz CT molecular complexity index is 265. The molecular formula is C10H14FNS. The molecule has 0 heterocycles. The maximum Gasteiger partial charge on any atom is 0.136 e. The van der Waals surface area contributed by atoms with Gasteiger partial charge in [0.05, 0.1) is 0 Å². The van der Waals surface area contributed by atoms with E-state index in [4.69, 9.17) is 5.73 Å². The molecule has 1 atom stereocenters. The quantitative estimate of drug-likeness (QED) is 0.754. The normalized spacial score (nSPS) is 12.8. The van der Waals surface area contributed by atoms with E-state index in [1.165, 1.54) is 17.8 Å². The lowest BCUT2D eigenvalue weighted by Crippen LogP contribution is -2.21. The van der Waals surface area contributed by atoms with E-state index in [1.807, 2.05) is 13.0 Å². The number of nitrogens with two attached hydrogens (primary N) is 1. The highest BCUT2D eigenvalue weighted by molar-refractivity contribution is 7.99. The van der Waals surface area contributed by atoms with Gasteiger partial charge in [-0.05, 0) is 18.6 Å². The minimum absolute atomic E-state index is 0.157. The number of hydrogen-bond acceptors (Lipinski definition) is 2. The van der Waals surface area contributed by atoms with Crippen LogP contribution in [0, 0.1) is 5.82 Å². The summed E-state index contributed by atoms with van der Waals surface area (Å²) in [6.07, 6.45) is 0.932. The molecule has 0 fully saturated rings. The van der Waals surface area contributed by atoms with Gasteiger partial charge in [-0.1, -0.05) is 19.1 Å². The van der Waals surface area contributed by atoms with Gasteiger partial charge in [0.15, 0.2) is 0 Å². The van der Waals surface area contributed by atoms with E-state index in [0.29, 0.717) is 4.90 Å². The Hall–Kier alpha value is -0.540. The topological polar surface area (TPSA) is 26.0 Å². The average Bonchev–Trinajstić information content (AvgIpc) is 2.16. The van der Waals surface area contributed by atoms with Crippen molar-refractivity contribution in [2.75, 3.05) is 5.75 Å². The van der Waals surface area contributed by atoms with Crippen LogP contribution in [0.15, 0.2) is 29.2 Å². The van der Waals surface area contributed by atoms with Crippen molar-refractivity contribution in [2.24, 2.45) is 5.73 Å². The van der Waals surface area contributed by atoms with Gasteiger partial charge in [0.2, 0.25) is 0 Å². The molecular weight excluding hydrogens is 185 g/mol. The number of hydrogen-bond donors (Lipinski definition) is 1.